The molecular formula is C13H18O3. The van der Waals surface area contributed by atoms with Crippen LogP contribution in [0.5, 0.6) is 5.75 Å². The Hall–Kier alpha value is -1.06. The van der Waals surface area contributed by atoms with E-state index in [4.69, 9.17) is 9.84 Å². The summed E-state index contributed by atoms with van der Waals surface area (Å²) in [6.07, 6.45) is 2.59. The van der Waals surface area contributed by atoms with Gasteiger partial charge in [0.15, 0.2) is 0 Å². The van der Waals surface area contributed by atoms with Crippen molar-refractivity contribution in [3.8, 4) is 5.75 Å². The first-order valence-corrected chi connectivity index (χ1v) is 5.81. The van der Waals surface area contributed by atoms with E-state index in [-0.39, 0.29) is 6.61 Å². The molecule has 0 amide bonds. The molecule has 0 bridgehead atoms. The number of aromatic hydroxyl groups is 1. The number of aliphatic hydroxyl groups is 1. The monoisotopic (exact) mass is 222 g/mol. The molecule has 1 aromatic carbocycles. The van der Waals surface area contributed by atoms with E-state index in [1.807, 2.05) is 12.1 Å². The van der Waals surface area contributed by atoms with Crippen molar-refractivity contribution in [3.05, 3.63) is 29.3 Å². The van der Waals surface area contributed by atoms with Crippen LogP contribution in [0.2, 0.25) is 0 Å². The minimum Gasteiger partial charge on any atom is -0.508 e. The van der Waals surface area contributed by atoms with Crippen LogP contribution >= 0.6 is 0 Å². The molecule has 88 valence electrons. The summed E-state index contributed by atoms with van der Waals surface area (Å²) in [5, 5.41) is 18.8. The first kappa shape index (κ1) is 11.4. The minimum atomic E-state index is 0.151. The van der Waals surface area contributed by atoms with Crippen molar-refractivity contribution in [1.29, 1.82) is 0 Å². The lowest BCUT2D eigenvalue weighted by atomic mass is 9.89. The van der Waals surface area contributed by atoms with Crippen molar-refractivity contribution < 1.29 is 14.9 Å². The lowest BCUT2D eigenvalue weighted by Gasteiger charge is -2.23. The topological polar surface area (TPSA) is 49.7 Å². The smallest absolute Gasteiger partial charge is 0.119 e. The van der Waals surface area contributed by atoms with Crippen LogP contribution in [0.1, 0.15) is 29.9 Å². The van der Waals surface area contributed by atoms with Gasteiger partial charge in [0, 0.05) is 19.8 Å². The molecule has 0 aromatic heterocycles. The Morgan fingerprint density at radius 3 is 2.69 bits per heavy atom. The molecule has 1 heterocycles. The number of benzene rings is 1. The van der Waals surface area contributed by atoms with E-state index in [0.29, 0.717) is 18.1 Å². The van der Waals surface area contributed by atoms with Crippen molar-refractivity contribution in [2.45, 2.75) is 25.2 Å². The summed E-state index contributed by atoms with van der Waals surface area (Å²) in [5.41, 5.74) is 2.09. The molecule has 1 aliphatic heterocycles. The van der Waals surface area contributed by atoms with E-state index in [1.54, 1.807) is 6.07 Å². The van der Waals surface area contributed by atoms with Gasteiger partial charge in [-0.05, 0) is 42.4 Å². The average molecular weight is 222 g/mol. The fraction of sp³-hybridized carbons (Fsp3) is 0.538. The fourth-order valence-corrected chi connectivity index (χ4v) is 2.22. The largest absolute Gasteiger partial charge is 0.508 e. The van der Waals surface area contributed by atoms with Crippen LogP contribution in [0.4, 0.5) is 0 Å². The van der Waals surface area contributed by atoms with Crippen LogP contribution in [0.15, 0.2) is 18.2 Å². The summed E-state index contributed by atoms with van der Waals surface area (Å²) < 4.78 is 5.32. The molecule has 1 fully saturated rings. The number of rotatable bonds is 3. The first-order valence-electron chi connectivity index (χ1n) is 5.81. The summed E-state index contributed by atoms with van der Waals surface area (Å²) >= 11 is 0. The number of phenols is 1. The third-order valence-electron chi connectivity index (χ3n) is 3.15. The molecule has 0 aliphatic carbocycles. The van der Waals surface area contributed by atoms with Gasteiger partial charge in [0.05, 0.1) is 0 Å². The second-order valence-corrected chi connectivity index (χ2v) is 4.25. The van der Waals surface area contributed by atoms with E-state index in [2.05, 4.69) is 0 Å². The standard InChI is InChI=1S/C13H18O3/c14-6-3-10-1-2-13(15)12(9-10)11-4-7-16-8-5-11/h1-2,9,11,14-15H,3-8H2. The van der Waals surface area contributed by atoms with Gasteiger partial charge in [-0.25, -0.2) is 0 Å². The zero-order chi connectivity index (χ0) is 11.4. The Balaban J connectivity index is 2.19. The highest BCUT2D eigenvalue weighted by atomic mass is 16.5. The number of hydrogen-bond acceptors (Lipinski definition) is 3. The lowest BCUT2D eigenvalue weighted by Crippen LogP contribution is -2.14. The third kappa shape index (κ3) is 2.54. The normalized spacial score (nSPS) is 17.6. The van der Waals surface area contributed by atoms with Crippen LogP contribution in [-0.2, 0) is 11.2 Å². The predicted octanol–water partition coefficient (Wildman–Crippen LogP) is 1.82. The third-order valence-corrected chi connectivity index (χ3v) is 3.15. The lowest BCUT2D eigenvalue weighted by molar-refractivity contribution is 0.0848. The van der Waals surface area contributed by atoms with Crippen LogP contribution in [0, 0.1) is 0 Å². The number of hydrogen-bond donors (Lipinski definition) is 2. The first-order chi connectivity index (χ1) is 7.81. The van der Waals surface area contributed by atoms with Crippen molar-refractivity contribution in [3.63, 3.8) is 0 Å². The molecule has 3 nitrogen and oxygen atoms in total. The minimum absolute atomic E-state index is 0.151. The molecule has 1 aromatic rings. The highest BCUT2D eigenvalue weighted by molar-refractivity contribution is 5.39. The second kappa shape index (κ2) is 5.32. The zero-order valence-electron chi connectivity index (χ0n) is 9.35. The second-order valence-electron chi connectivity index (χ2n) is 4.25. The van der Waals surface area contributed by atoms with Gasteiger partial charge in [0.2, 0.25) is 0 Å². The molecule has 0 radical (unpaired) electrons. The van der Waals surface area contributed by atoms with Crippen molar-refractivity contribution in [2.75, 3.05) is 19.8 Å². The molecular weight excluding hydrogens is 204 g/mol. The Kier molecular flexibility index (Phi) is 3.80. The maximum Gasteiger partial charge on any atom is 0.119 e. The van der Waals surface area contributed by atoms with Gasteiger partial charge in [0.25, 0.3) is 0 Å². The van der Waals surface area contributed by atoms with Crippen LogP contribution < -0.4 is 0 Å². The Bertz CT molecular complexity index is 343. The van der Waals surface area contributed by atoms with Gasteiger partial charge in [-0.3, -0.25) is 0 Å². The van der Waals surface area contributed by atoms with Gasteiger partial charge in [-0.15, -0.1) is 0 Å². The number of aliphatic hydroxyl groups excluding tert-OH is 1. The van der Waals surface area contributed by atoms with E-state index in [1.165, 1.54) is 0 Å². The van der Waals surface area contributed by atoms with E-state index in [9.17, 15) is 5.11 Å². The Labute approximate surface area is 95.7 Å². The zero-order valence-corrected chi connectivity index (χ0v) is 9.35. The van der Waals surface area contributed by atoms with Crippen LogP contribution in [-0.4, -0.2) is 30.0 Å². The van der Waals surface area contributed by atoms with E-state index >= 15 is 0 Å². The number of phenolic OH excluding ortho intramolecular Hbond substituents is 1. The quantitative estimate of drug-likeness (QED) is 0.820. The average Bonchev–Trinajstić information content (AvgIpc) is 2.33. The van der Waals surface area contributed by atoms with Crippen LogP contribution in [0.3, 0.4) is 0 Å². The molecule has 1 saturated heterocycles. The van der Waals surface area contributed by atoms with Gasteiger partial charge >= 0.3 is 0 Å². The highest BCUT2D eigenvalue weighted by Crippen LogP contribution is 2.33. The van der Waals surface area contributed by atoms with Gasteiger partial charge in [-0.1, -0.05) is 12.1 Å². The molecule has 0 unspecified atom stereocenters. The van der Waals surface area contributed by atoms with Gasteiger partial charge in [-0.2, -0.15) is 0 Å². The molecule has 0 saturated carbocycles. The highest BCUT2D eigenvalue weighted by Gasteiger charge is 2.19. The maximum atomic E-state index is 9.85. The Morgan fingerprint density at radius 2 is 2.00 bits per heavy atom. The molecule has 3 heteroatoms. The summed E-state index contributed by atoms with van der Waals surface area (Å²) in [4.78, 5) is 0. The summed E-state index contributed by atoms with van der Waals surface area (Å²) in [5.74, 6) is 0.765. The summed E-state index contributed by atoms with van der Waals surface area (Å²) in [6.45, 7) is 1.70. The predicted molar refractivity (Wildman–Crippen MR) is 61.7 cm³/mol. The number of ether oxygens (including phenoxy) is 1. The molecule has 1 aliphatic rings. The summed E-state index contributed by atoms with van der Waals surface area (Å²) in [7, 11) is 0. The molecule has 0 atom stereocenters. The van der Waals surface area contributed by atoms with Crippen molar-refractivity contribution in [1.82, 2.24) is 0 Å². The maximum absolute atomic E-state index is 9.85. The molecule has 0 spiro atoms. The van der Waals surface area contributed by atoms with Crippen molar-refractivity contribution >= 4 is 0 Å². The van der Waals surface area contributed by atoms with Crippen molar-refractivity contribution in [2.24, 2.45) is 0 Å². The SMILES string of the molecule is OCCc1ccc(O)c(C2CCOCC2)c1. The summed E-state index contributed by atoms with van der Waals surface area (Å²) in [6, 6.07) is 5.62. The van der Waals surface area contributed by atoms with Crippen LogP contribution in [0.25, 0.3) is 0 Å². The van der Waals surface area contributed by atoms with E-state index < -0.39 is 0 Å². The molecule has 2 rings (SSSR count). The Morgan fingerprint density at radius 1 is 1.25 bits per heavy atom. The fourth-order valence-electron chi connectivity index (χ4n) is 2.22. The van der Waals surface area contributed by atoms with Gasteiger partial charge in [0.1, 0.15) is 5.75 Å². The van der Waals surface area contributed by atoms with Gasteiger partial charge < -0.3 is 14.9 Å². The molecule has 16 heavy (non-hydrogen) atoms. The van der Waals surface area contributed by atoms with E-state index in [0.717, 1.165) is 37.2 Å². The molecule has 2 N–H and O–H groups in total.